The molecular formula is C18H30N2. The summed E-state index contributed by atoms with van der Waals surface area (Å²) in [6, 6.07) is 3.03. The van der Waals surface area contributed by atoms with Gasteiger partial charge in [0.2, 0.25) is 0 Å². The molecule has 0 aliphatic heterocycles. The zero-order valence-corrected chi connectivity index (χ0v) is 14.0. The predicted molar refractivity (Wildman–Crippen MR) is 84.7 cm³/mol. The third-order valence-electron chi connectivity index (χ3n) is 7.21. The standard InChI is InChI=1S/C18H30N2/c1-12-9-14(13(2)20(12)6)11-19-16-10-15-7-8-18(16,5)17(15,3)4/h9,15-16,19H,7-8,10-11H2,1-6H3. The Morgan fingerprint density at radius 1 is 1.30 bits per heavy atom. The van der Waals surface area contributed by atoms with E-state index >= 15 is 0 Å². The Hall–Kier alpha value is -0.760. The van der Waals surface area contributed by atoms with Crippen LogP contribution in [0.1, 0.15) is 57.0 Å². The van der Waals surface area contributed by atoms with E-state index in [9.17, 15) is 0 Å². The molecule has 0 spiro atoms. The summed E-state index contributed by atoms with van der Waals surface area (Å²) in [7, 11) is 2.16. The Bertz CT molecular complexity index is 526. The molecule has 112 valence electrons. The number of aromatic nitrogens is 1. The van der Waals surface area contributed by atoms with Crippen LogP contribution in [0, 0.1) is 30.6 Å². The average molecular weight is 274 g/mol. The number of hydrogen-bond donors (Lipinski definition) is 1. The van der Waals surface area contributed by atoms with E-state index in [-0.39, 0.29) is 0 Å². The van der Waals surface area contributed by atoms with Crippen molar-refractivity contribution in [3.63, 3.8) is 0 Å². The van der Waals surface area contributed by atoms with Crippen LogP contribution in [0.3, 0.4) is 0 Å². The zero-order valence-electron chi connectivity index (χ0n) is 14.0. The number of aryl methyl sites for hydroxylation is 1. The quantitative estimate of drug-likeness (QED) is 0.883. The van der Waals surface area contributed by atoms with Gasteiger partial charge >= 0.3 is 0 Å². The molecule has 1 aromatic heterocycles. The van der Waals surface area contributed by atoms with Gasteiger partial charge in [-0.1, -0.05) is 20.8 Å². The summed E-state index contributed by atoms with van der Waals surface area (Å²) in [6.45, 7) is 12.9. The Kier molecular flexibility index (Phi) is 3.10. The third kappa shape index (κ3) is 1.73. The summed E-state index contributed by atoms with van der Waals surface area (Å²) in [6.07, 6.45) is 4.20. The Balaban J connectivity index is 1.73. The lowest BCUT2D eigenvalue weighted by atomic mass is 9.69. The van der Waals surface area contributed by atoms with Crippen LogP contribution in [0.4, 0.5) is 0 Å². The molecule has 2 aliphatic rings. The molecule has 0 saturated heterocycles. The van der Waals surface area contributed by atoms with Gasteiger partial charge in [0.05, 0.1) is 0 Å². The minimum absolute atomic E-state index is 0.482. The summed E-state index contributed by atoms with van der Waals surface area (Å²) < 4.78 is 2.30. The number of nitrogens with zero attached hydrogens (tertiary/aromatic N) is 1. The summed E-state index contributed by atoms with van der Waals surface area (Å²) in [5.41, 5.74) is 5.22. The largest absolute Gasteiger partial charge is 0.352 e. The fourth-order valence-electron chi connectivity index (χ4n) is 4.86. The smallest absolute Gasteiger partial charge is 0.0226 e. The minimum atomic E-state index is 0.482. The molecule has 2 nitrogen and oxygen atoms in total. The highest BCUT2D eigenvalue weighted by molar-refractivity contribution is 5.26. The van der Waals surface area contributed by atoms with Crippen molar-refractivity contribution >= 4 is 0 Å². The van der Waals surface area contributed by atoms with Crippen LogP contribution in [0.5, 0.6) is 0 Å². The van der Waals surface area contributed by atoms with Crippen LogP contribution in [-0.4, -0.2) is 10.6 Å². The van der Waals surface area contributed by atoms with E-state index in [1.165, 1.54) is 36.2 Å². The van der Waals surface area contributed by atoms with Crippen molar-refractivity contribution in [1.29, 1.82) is 0 Å². The van der Waals surface area contributed by atoms with Crippen molar-refractivity contribution in [2.45, 2.75) is 66.5 Å². The Labute approximate surface area is 123 Å². The summed E-state index contributed by atoms with van der Waals surface area (Å²) in [4.78, 5) is 0. The SMILES string of the molecule is Cc1cc(CNC2CC3CCC2(C)C3(C)C)c(C)n1C. The topological polar surface area (TPSA) is 17.0 Å². The van der Waals surface area contributed by atoms with Gasteiger partial charge in [-0.2, -0.15) is 0 Å². The summed E-state index contributed by atoms with van der Waals surface area (Å²) in [5, 5.41) is 3.89. The van der Waals surface area contributed by atoms with E-state index in [0.717, 1.165) is 12.5 Å². The van der Waals surface area contributed by atoms with E-state index in [2.05, 4.69) is 57.6 Å². The molecule has 1 heterocycles. The Morgan fingerprint density at radius 3 is 2.45 bits per heavy atom. The van der Waals surface area contributed by atoms with Gasteiger partial charge in [0.25, 0.3) is 0 Å². The van der Waals surface area contributed by atoms with Crippen molar-refractivity contribution in [1.82, 2.24) is 9.88 Å². The van der Waals surface area contributed by atoms with Gasteiger partial charge in [0.15, 0.2) is 0 Å². The first-order valence-corrected chi connectivity index (χ1v) is 8.12. The fraction of sp³-hybridized carbons (Fsp3) is 0.778. The Morgan fingerprint density at radius 2 is 2.00 bits per heavy atom. The molecule has 2 fully saturated rings. The molecular weight excluding hydrogens is 244 g/mol. The highest BCUT2D eigenvalue weighted by atomic mass is 15.0. The molecule has 0 radical (unpaired) electrons. The molecule has 3 rings (SSSR count). The number of nitrogens with one attached hydrogen (secondary N) is 1. The molecule has 2 aliphatic carbocycles. The second-order valence-corrected chi connectivity index (χ2v) is 8.00. The van der Waals surface area contributed by atoms with E-state index in [1.54, 1.807) is 0 Å². The molecule has 3 atom stereocenters. The fourth-order valence-corrected chi connectivity index (χ4v) is 4.86. The summed E-state index contributed by atoms with van der Waals surface area (Å²) in [5.74, 6) is 0.920. The zero-order chi connectivity index (χ0) is 14.7. The van der Waals surface area contributed by atoms with Crippen LogP contribution < -0.4 is 5.32 Å². The first-order valence-electron chi connectivity index (χ1n) is 8.12. The maximum Gasteiger partial charge on any atom is 0.0226 e. The molecule has 3 unspecified atom stereocenters. The van der Waals surface area contributed by atoms with Gasteiger partial charge in [-0.3, -0.25) is 0 Å². The van der Waals surface area contributed by atoms with E-state index in [1.807, 2.05) is 0 Å². The third-order valence-corrected chi connectivity index (χ3v) is 7.21. The average Bonchev–Trinajstić information content (AvgIpc) is 2.84. The van der Waals surface area contributed by atoms with E-state index in [4.69, 9.17) is 0 Å². The first-order chi connectivity index (χ1) is 9.27. The molecule has 0 amide bonds. The maximum absolute atomic E-state index is 3.89. The molecule has 0 aromatic carbocycles. The normalized spacial score (nSPS) is 34.9. The highest BCUT2D eigenvalue weighted by Gasteiger charge is 2.60. The van der Waals surface area contributed by atoms with Gasteiger partial charge in [0.1, 0.15) is 0 Å². The summed E-state index contributed by atoms with van der Waals surface area (Å²) >= 11 is 0. The second kappa shape index (κ2) is 4.37. The minimum Gasteiger partial charge on any atom is -0.352 e. The molecule has 1 N–H and O–H groups in total. The molecule has 1 aromatic rings. The molecule has 2 saturated carbocycles. The lowest BCUT2D eigenvalue weighted by Gasteiger charge is -2.39. The van der Waals surface area contributed by atoms with Gasteiger partial charge in [-0.25, -0.2) is 0 Å². The van der Waals surface area contributed by atoms with E-state index < -0.39 is 0 Å². The molecule has 20 heavy (non-hydrogen) atoms. The molecule has 2 bridgehead atoms. The number of hydrogen-bond acceptors (Lipinski definition) is 1. The van der Waals surface area contributed by atoms with Gasteiger partial charge in [0, 0.05) is 31.0 Å². The first kappa shape index (κ1) is 14.2. The van der Waals surface area contributed by atoms with Crippen LogP contribution >= 0.6 is 0 Å². The monoisotopic (exact) mass is 274 g/mol. The number of rotatable bonds is 3. The highest BCUT2D eigenvalue weighted by Crippen LogP contribution is 2.65. The van der Waals surface area contributed by atoms with Crippen LogP contribution in [0.2, 0.25) is 0 Å². The van der Waals surface area contributed by atoms with Crippen LogP contribution in [0.25, 0.3) is 0 Å². The van der Waals surface area contributed by atoms with Crippen LogP contribution in [0.15, 0.2) is 6.07 Å². The van der Waals surface area contributed by atoms with Crippen molar-refractivity contribution < 1.29 is 0 Å². The van der Waals surface area contributed by atoms with Crippen molar-refractivity contribution in [2.24, 2.45) is 23.8 Å². The van der Waals surface area contributed by atoms with Crippen molar-refractivity contribution in [3.8, 4) is 0 Å². The van der Waals surface area contributed by atoms with Crippen LogP contribution in [-0.2, 0) is 13.6 Å². The maximum atomic E-state index is 3.89. The van der Waals surface area contributed by atoms with Gasteiger partial charge in [-0.05, 0) is 61.5 Å². The predicted octanol–water partition coefficient (Wildman–Crippen LogP) is 3.95. The van der Waals surface area contributed by atoms with E-state index in [0.29, 0.717) is 16.9 Å². The number of fused-ring (bicyclic) bond motifs is 2. The lowest BCUT2D eigenvalue weighted by molar-refractivity contribution is 0.120. The molecule has 2 heteroatoms. The lowest BCUT2D eigenvalue weighted by Crippen LogP contribution is -2.44. The van der Waals surface area contributed by atoms with Crippen molar-refractivity contribution in [3.05, 3.63) is 23.0 Å². The van der Waals surface area contributed by atoms with Crippen molar-refractivity contribution in [2.75, 3.05) is 0 Å². The van der Waals surface area contributed by atoms with Gasteiger partial charge in [-0.15, -0.1) is 0 Å². The van der Waals surface area contributed by atoms with Gasteiger partial charge < -0.3 is 9.88 Å². The second-order valence-electron chi connectivity index (χ2n) is 8.00.